The molecule has 4 aromatic rings. The second kappa shape index (κ2) is 11.1. The maximum absolute atomic E-state index is 14.4. The van der Waals surface area contributed by atoms with Crippen LogP contribution in [0.3, 0.4) is 0 Å². The molecule has 0 bridgehead atoms. The topological polar surface area (TPSA) is 169 Å². The SMILES string of the molecule is Cc1cc2[nH]ncc2c(-n2c(C)nc3c(N4CCN(C(=O)O)[C@@H](CC#N)C4)nc(OC[C@@H]4CCCN4C)nc3c2=O)c1C. The number of fused-ring (bicyclic) bond motifs is 2. The van der Waals surface area contributed by atoms with Crippen LogP contribution in [0.25, 0.3) is 27.6 Å². The van der Waals surface area contributed by atoms with Gasteiger partial charge in [0.1, 0.15) is 17.9 Å². The number of carboxylic acid groups (broad SMARTS) is 1. The fraction of sp³-hybridized carbons (Fsp3) is 0.483. The van der Waals surface area contributed by atoms with Crippen molar-refractivity contribution in [1.82, 2.24) is 39.5 Å². The van der Waals surface area contributed by atoms with Crippen molar-refractivity contribution in [2.45, 2.75) is 52.1 Å². The predicted octanol–water partition coefficient (Wildman–Crippen LogP) is 2.53. The molecule has 0 spiro atoms. The van der Waals surface area contributed by atoms with E-state index in [4.69, 9.17) is 14.7 Å². The van der Waals surface area contributed by atoms with Crippen molar-refractivity contribution in [3.63, 3.8) is 0 Å². The molecule has 0 aliphatic carbocycles. The molecule has 3 aromatic heterocycles. The first-order chi connectivity index (χ1) is 20.7. The van der Waals surface area contributed by atoms with Crippen LogP contribution in [-0.4, -0.2) is 103 Å². The number of nitrogens with zero attached hydrogens (tertiary/aromatic N) is 9. The largest absolute Gasteiger partial charge is 0.465 e. The molecular formula is C29H34N10O4. The molecule has 1 amide bonds. The van der Waals surface area contributed by atoms with Crippen LogP contribution in [-0.2, 0) is 0 Å². The molecular weight excluding hydrogens is 552 g/mol. The number of benzene rings is 1. The molecule has 0 radical (unpaired) electrons. The smallest absolute Gasteiger partial charge is 0.407 e. The number of ether oxygens (including phenoxy) is 1. The maximum Gasteiger partial charge on any atom is 0.407 e. The quantitative estimate of drug-likeness (QED) is 0.340. The minimum atomic E-state index is -1.08. The van der Waals surface area contributed by atoms with Gasteiger partial charge in [0.2, 0.25) is 0 Å². The van der Waals surface area contributed by atoms with E-state index in [1.807, 2.05) is 24.8 Å². The van der Waals surface area contributed by atoms with Crippen LogP contribution >= 0.6 is 0 Å². The van der Waals surface area contributed by atoms with E-state index in [9.17, 15) is 20.0 Å². The summed E-state index contributed by atoms with van der Waals surface area (Å²) in [4.78, 5) is 45.8. The van der Waals surface area contributed by atoms with Gasteiger partial charge in [-0.25, -0.2) is 9.78 Å². The van der Waals surface area contributed by atoms with E-state index in [-0.39, 0.29) is 42.6 Å². The molecule has 2 aliphatic rings. The minimum absolute atomic E-state index is 0.0236. The predicted molar refractivity (Wildman–Crippen MR) is 159 cm³/mol. The van der Waals surface area contributed by atoms with Crippen molar-refractivity contribution < 1.29 is 14.6 Å². The first kappa shape index (κ1) is 28.4. The summed E-state index contributed by atoms with van der Waals surface area (Å²) in [5.41, 5.74) is 3.42. The molecule has 2 atom stereocenters. The Kier molecular flexibility index (Phi) is 7.35. The highest BCUT2D eigenvalue weighted by molar-refractivity contribution is 5.91. The molecule has 6 rings (SSSR count). The summed E-state index contributed by atoms with van der Waals surface area (Å²) in [7, 11) is 2.05. The summed E-state index contributed by atoms with van der Waals surface area (Å²) in [5.74, 6) is 0.826. The summed E-state index contributed by atoms with van der Waals surface area (Å²) in [5, 5.41) is 27.1. The Morgan fingerprint density at radius 2 is 1.98 bits per heavy atom. The Morgan fingerprint density at radius 1 is 1.16 bits per heavy atom. The van der Waals surface area contributed by atoms with Crippen molar-refractivity contribution in [3.8, 4) is 17.8 Å². The summed E-state index contributed by atoms with van der Waals surface area (Å²) in [6, 6.07) is 3.79. The van der Waals surface area contributed by atoms with Crippen LogP contribution in [0.5, 0.6) is 6.01 Å². The fourth-order valence-corrected chi connectivity index (χ4v) is 6.22. The third kappa shape index (κ3) is 4.99. The van der Waals surface area contributed by atoms with E-state index in [1.165, 1.54) is 4.90 Å². The molecule has 0 saturated carbocycles. The van der Waals surface area contributed by atoms with E-state index in [0.29, 0.717) is 36.0 Å². The van der Waals surface area contributed by atoms with Gasteiger partial charge in [0.15, 0.2) is 11.3 Å². The highest BCUT2D eigenvalue weighted by atomic mass is 16.5. The minimum Gasteiger partial charge on any atom is -0.465 e. The Hall–Kier alpha value is -4.77. The van der Waals surface area contributed by atoms with Gasteiger partial charge >= 0.3 is 12.1 Å². The van der Waals surface area contributed by atoms with Gasteiger partial charge < -0.3 is 24.5 Å². The third-order valence-electron chi connectivity index (χ3n) is 8.73. The molecule has 2 saturated heterocycles. The number of hydrogen-bond donors (Lipinski definition) is 2. The first-order valence-corrected chi connectivity index (χ1v) is 14.4. The number of carbonyl (C=O) groups is 1. The number of piperazine rings is 1. The van der Waals surface area contributed by atoms with Gasteiger partial charge in [0.25, 0.3) is 5.56 Å². The van der Waals surface area contributed by atoms with Gasteiger partial charge in [-0.3, -0.25) is 14.5 Å². The van der Waals surface area contributed by atoms with Gasteiger partial charge in [0, 0.05) is 31.1 Å². The van der Waals surface area contributed by atoms with Crippen molar-refractivity contribution in [3.05, 3.63) is 39.6 Å². The number of likely N-dealkylation sites (tertiary alicyclic amines) is 1. The number of aromatic amines is 1. The van der Waals surface area contributed by atoms with Crippen LogP contribution in [0, 0.1) is 32.1 Å². The zero-order valence-electron chi connectivity index (χ0n) is 24.7. The van der Waals surface area contributed by atoms with Gasteiger partial charge in [0.05, 0.1) is 35.9 Å². The maximum atomic E-state index is 14.4. The van der Waals surface area contributed by atoms with Crippen molar-refractivity contribution >= 4 is 33.8 Å². The van der Waals surface area contributed by atoms with Crippen molar-refractivity contribution in [1.29, 1.82) is 5.26 Å². The average molecular weight is 587 g/mol. The molecule has 14 heteroatoms. The molecule has 43 heavy (non-hydrogen) atoms. The van der Waals surface area contributed by atoms with E-state index in [0.717, 1.165) is 41.4 Å². The number of aryl methyl sites for hydroxylation is 2. The number of nitriles is 1. The molecule has 0 unspecified atom stereocenters. The zero-order chi connectivity index (χ0) is 30.4. The van der Waals surface area contributed by atoms with Crippen LogP contribution in [0.1, 0.15) is 36.2 Å². The monoisotopic (exact) mass is 586 g/mol. The third-order valence-corrected chi connectivity index (χ3v) is 8.73. The number of hydrogen-bond acceptors (Lipinski definition) is 10. The zero-order valence-corrected chi connectivity index (χ0v) is 24.7. The summed E-state index contributed by atoms with van der Waals surface area (Å²) in [6.07, 6.45) is 2.71. The van der Waals surface area contributed by atoms with Crippen molar-refractivity contribution in [2.24, 2.45) is 0 Å². The highest BCUT2D eigenvalue weighted by Crippen LogP contribution is 2.31. The van der Waals surface area contributed by atoms with Crippen LogP contribution < -0.4 is 15.2 Å². The highest BCUT2D eigenvalue weighted by Gasteiger charge is 2.33. The van der Waals surface area contributed by atoms with Crippen LogP contribution in [0.2, 0.25) is 0 Å². The number of anilines is 1. The number of nitrogens with one attached hydrogen (secondary N) is 1. The second-order valence-corrected chi connectivity index (χ2v) is 11.4. The Labute approximate surface area is 247 Å². The van der Waals surface area contributed by atoms with Gasteiger partial charge in [-0.15, -0.1) is 0 Å². The second-order valence-electron chi connectivity index (χ2n) is 11.4. The number of H-pyrrole nitrogens is 1. The first-order valence-electron chi connectivity index (χ1n) is 14.4. The van der Waals surface area contributed by atoms with Gasteiger partial charge in [-0.2, -0.15) is 20.3 Å². The molecule has 2 N–H and O–H groups in total. The van der Waals surface area contributed by atoms with Crippen LogP contribution in [0.15, 0.2) is 17.1 Å². The molecule has 14 nitrogen and oxygen atoms in total. The van der Waals surface area contributed by atoms with Crippen LogP contribution in [0.4, 0.5) is 10.6 Å². The van der Waals surface area contributed by atoms with Crippen molar-refractivity contribution in [2.75, 3.05) is 44.7 Å². The Morgan fingerprint density at radius 3 is 2.70 bits per heavy atom. The molecule has 224 valence electrons. The molecule has 5 heterocycles. The lowest BCUT2D eigenvalue weighted by atomic mass is 10.0. The van der Waals surface area contributed by atoms with Gasteiger partial charge in [-0.1, -0.05) is 0 Å². The summed E-state index contributed by atoms with van der Waals surface area (Å²) < 4.78 is 7.69. The lowest BCUT2D eigenvalue weighted by molar-refractivity contribution is 0.119. The molecule has 1 aromatic carbocycles. The number of aromatic nitrogens is 6. The fourth-order valence-electron chi connectivity index (χ4n) is 6.22. The number of likely N-dealkylation sites (N-methyl/N-ethyl adjacent to an activating group) is 1. The summed E-state index contributed by atoms with van der Waals surface area (Å²) in [6.45, 7) is 7.75. The lowest BCUT2D eigenvalue weighted by Crippen LogP contribution is -2.55. The standard InChI is InChI=1S/C29H34N10O4/c1-16-12-22-21(13-31-35-22)25(17(16)2)39-18(3)32-23-24(27(39)40)33-28(43-15-20-6-5-9-36(20)4)34-26(23)37-10-11-38(29(41)42)19(14-37)7-8-30/h12-13,19-20H,5-7,9-11,14-15H2,1-4H3,(H,31,35)(H,41,42)/t19-,20-/m0/s1. The van der Waals surface area contributed by atoms with E-state index in [2.05, 4.69) is 33.2 Å². The molecule has 2 aliphatic heterocycles. The lowest BCUT2D eigenvalue weighted by Gasteiger charge is -2.39. The van der Waals surface area contributed by atoms with E-state index < -0.39 is 12.1 Å². The number of amides is 1. The Balaban J connectivity index is 1.52. The summed E-state index contributed by atoms with van der Waals surface area (Å²) >= 11 is 0. The van der Waals surface area contributed by atoms with E-state index >= 15 is 0 Å². The van der Waals surface area contributed by atoms with Gasteiger partial charge in [-0.05, 0) is 64.4 Å². The Bertz CT molecular complexity index is 1830. The molecule has 2 fully saturated rings. The number of rotatable bonds is 6. The average Bonchev–Trinajstić information content (AvgIpc) is 3.62. The van der Waals surface area contributed by atoms with E-state index in [1.54, 1.807) is 17.7 Å². The normalized spacial score (nSPS) is 19.3.